The van der Waals surface area contributed by atoms with E-state index >= 15 is 0 Å². The summed E-state index contributed by atoms with van der Waals surface area (Å²) in [5.41, 5.74) is 0. The number of rotatable bonds is 2. The summed E-state index contributed by atoms with van der Waals surface area (Å²) in [4.78, 5) is 28.4. The van der Waals surface area contributed by atoms with Crippen LogP contribution in [0.15, 0.2) is 9.98 Å². The molecule has 4 nitrogen and oxygen atoms in total. The van der Waals surface area contributed by atoms with Crippen molar-refractivity contribution in [3.63, 3.8) is 0 Å². The molecule has 0 aromatic rings. The van der Waals surface area contributed by atoms with Gasteiger partial charge in [-0.3, -0.25) is 0 Å². The number of hydrogen-bond acceptors (Lipinski definition) is 4. The molecule has 3 atom stereocenters. The predicted molar refractivity (Wildman–Crippen MR) is 65.3 cm³/mol. The Morgan fingerprint density at radius 2 is 1.59 bits per heavy atom. The van der Waals surface area contributed by atoms with Gasteiger partial charge in [-0.2, -0.15) is 0 Å². The van der Waals surface area contributed by atoms with E-state index in [1.54, 1.807) is 12.2 Å². The van der Waals surface area contributed by atoms with Crippen LogP contribution in [0.3, 0.4) is 0 Å². The summed E-state index contributed by atoms with van der Waals surface area (Å²) in [7, 11) is 0. The summed E-state index contributed by atoms with van der Waals surface area (Å²) in [6.07, 6.45) is 10.4. The lowest BCUT2D eigenvalue weighted by molar-refractivity contribution is 0.349. The normalized spacial score (nSPS) is 30.8. The Balaban J connectivity index is 2.61. The quantitative estimate of drug-likeness (QED) is 0.546. The first-order valence-electron chi connectivity index (χ1n) is 6.42. The Morgan fingerprint density at radius 3 is 2.29 bits per heavy atom. The predicted octanol–water partition coefficient (Wildman–Crippen LogP) is 2.78. The topological polar surface area (TPSA) is 58.9 Å². The fourth-order valence-electron chi connectivity index (χ4n) is 2.45. The molecule has 0 aromatic carbocycles. The number of isocyanates is 2. The lowest BCUT2D eigenvalue weighted by atomic mass is 9.88. The molecular weight excluding hydrogens is 216 g/mol. The van der Waals surface area contributed by atoms with Gasteiger partial charge in [0.2, 0.25) is 12.2 Å². The highest BCUT2D eigenvalue weighted by Crippen LogP contribution is 2.24. The van der Waals surface area contributed by atoms with Crippen molar-refractivity contribution in [3.8, 4) is 0 Å². The Kier molecular flexibility index (Phi) is 6.46. The minimum atomic E-state index is 0.0893. The maximum atomic E-state index is 10.4. The van der Waals surface area contributed by atoms with Gasteiger partial charge in [-0.1, -0.05) is 26.2 Å². The molecule has 0 aliphatic heterocycles. The number of hydrogen-bond donors (Lipinski definition) is 0. The fourth-order valence-corrected chi connectivity index (χ4v) is 2.45. The second-order valence-corrected chi connectivity index (χ2v) is 4.85. The highest BCUT2D eigenvalue weighted by atomic mass is 16.1. The molecule has 4 heteroatoms. The molecule has 3 unspecified atom stereocenters. The molecule has 17 heavy (non-hydrogen) atoms. The summed E-state index contributed by atoms with van der Waals surface area (Å²) >= 11 is 0. The maximum Gasteiger partial charge on any atom is 0.235 e. The molecule has 0 N–H and O–H groups in total. The molecule has 0 spiro atoms. The smallest absolute Gasteiger partial charge is 0.211 e. The molecule has 0 bridgehead atoms. The van der Waals surface area contributed by atoms with E-state index in [-0.39, 0.29) is 12.1 Å². The van der Waals surface area contributed by atoms with Crippen LogP contribution in [0.1, 0.15) is 51.9 Å². The van der Waals surface area contributed by atoms with Gasteiger partial charge in [0.1, 0.15) is 0 Å². The average Bonchev–Trinajstić information content (AvgIpc) is 2.33. The molecule has 0 amide bonds. The van der Waals surface area contributed by atoms with Crippen LogP contribution in [0, 0.1) is 5.92 Å². The van der Waals surface area contributed by atoms with E-state index in [0.717, 1.165) is 44.9 Å². The third-order valence-corrected chi connectivity index (χ3v) is 3.60. The van der Waals surface area contributed by atoms with E-state index in [1.807, 2.05) is 0 Å². The first kappa shape index (κ1) is 13.8. The number of aliphatic imine (C=N–C) groups is 2. The summed E-state index contributed by atoms with van der Waals surface area (Å²) in [6, 6.07) is 0.195. The van der Waals surface area contributed by atoms with E-state index in [9.17, 15) is 9.59 Å². The second kappa shape index (κ2) is 7.94. The van der Waals surface area contributed by atoms with Crippen molar-refractivity contribution in [2.45, 2.75) is 64.0 Å². The van der Waals surface area contributed by atoms with Gasteiger partial charge in [0.15, 0.2) is 0 Å². The highest BCUT2D eigenvalue weighted by Gasteiger charge is 2.19. The zero-order valence-corrected chi connectivity index (χ0v) is 10.4. The Bertz CT molecular complexity index is 317. The molecule has 1 aliphatic rings. The van der Waals surface area contributed by atoms with E-state index in [1.165, 1.54) is 0 Å². The zero-order chi connectivity index (χ0) is 12.5. The van der Waals surface area contributed by atoms with Gasteiger partial charge >= 0.3 is 0 Å². The molecule has 1 fully saturated rings. The molecule has 94 valence electrons. The first-order valence-corrected chi connectivity index (χ1v) is 6.42. The Morgan fingerprint density at radius 1 is 0.882 bits per heavy atom. The van der Waals surface area contributed by atoms with Gasteiger partial charge in [-0.25, -0.2) is 19.6 Å². The molecule has 0 radical (unpaired) electrons. The Hall–Kier alpha value is -1.24. The largest absolute Gasteiger partial charge is 0.235 e. The van der Waals surface area contributed by atoms with Crippen molar-refractivity contribution in [2.75, 3.05) is 0 Å². The van der Waals surface area contributed by atoms with Crippen LogP contribution in [0.4, 0.5) is 0 Å². The van der Waals surface area contributed by atoms with Crippen LogP contribution in [0.25, 0.3) is 0 Å². The summed E-state index contributed by atoms with van der Waals surface area (Å²) in [5, 5.41) is 0. The maximum absolute atomic E-state index is 10.4. The molecule has 0 saturated heterocycles. The summed E-state index contributed by atoms with van der Waals surface area (Å²) < 4.78 is 0. The number of nitrogens with zero attached hydrogens (tertiary/aromatic N) is 2. The Labute approximate surface area is 102 Å². The van der Waals surface area contributed by atoms with Gasteiger partial charge in [0, 0.05) is 0 Å². The SMILES string of the molecule is CC1CCC(N=C=O)CCCCCC1N=C=O. The lowest BCUT2D eigenvalue weighted by Crippen LogP contribution is -2.19. The van der Waals surface area contributed by atoms with Crippen molar-refractivity contribution >= 4 is 12.2 Å². The number of carbonyl (C=O) groups excluding carboxylic acids is 2. The monoisotopic (exact) mass is 236 g/mol. The highest BCUT2D eigenvalue weighted by molar-refractivity contribution is 5.34. The van der Waals surface area contributed by atoms with Gasteiger partial charge in [0.05, 0.1) is 12.1 Å². The van der Waals surface area contributed by atoms with Crippen molar-refractivity contribution < 1.29 is 9.59 Å². The van der Waals surface area contributed by atoms with Crippen molar-refractivity contribution in [1.82, 2.24) is 0 Å². The van der Waals surface area contributed by atoms with Gasteiger partial charge in [0.25, 0.3) is 0 Å². The first-order chi connectivity index (χ1) is 8.27. The van der Waals surface area contributed by atoms with Gasteiger partial charge in [-0.05, 0) is 31.6 Å². The van der Waals surface area contributed by atoms with E-state index in [0.29, 0.717) is 5.92 Å². The van der Waals surface area contributed by atoms with E-state index in [2.05, 4.69) is 16.9 Å². The minimum absolute atomic E-state index is 0.0893. The molecular formula is C13H20N2O2. The molecule has 0 aromatic heterocycles. The summed E-state index contributed by atoms with van der Waals surface area (Å²) in [6.45, 7) is 2.11. The molecule has 0 heterocycles. The van der Waals surface area contributed by atoms with Crippen LogP contribution >= 0.6 is 0 Å². The standard InChI is InChI=1S/C13H20N2O2/c1-11-7-8-12(14-9-16)5-3-2-4-6-13(11)15-10-17/h11-13H,2-8H2,1H3. The van der Waals surface area contributed by atoms with Crippen LogP contribution in [-0.4, -0.2) is 24.2 Å². The second-order valence-electron chi connectivity index (χ2n) is 4.85. The van der Waals surface area contributed by atoms with Crippen molar-refractivity contribution in [1.29, 1.82) is 0 Å². The van der Waals surface area contributed by atoms with Gasteiger partial charge < -0.3 is 0 Å². The van der Waals surface area contributed by atoms with Gasteiger partial charge in [-0.15, -0.1) is 0 Å². The van der Waals surface area contributed by atoms with Crippen molar-refractivity contribution in [3.05, 3.63) is 0 Å². The average molecular weight is 236 g/mol. The zero-order valence-electron chi connectivity index (χ0n) is 10.4. The van der Waals surface area contributed by atoms with Crippen molar-refractivity contribution in [2.24, 2.45) is 15.9 Å². The van der Waals surface area contributed by atoms with E-state index in [4.69, 9.17) is 0 Å². The van der Waals surface area contributed by atoms with E-state index < -0.39 is 0 Å². The van der Waals surface area contributed by atoms with Crippen LogP contribution < -0.4 is 0 Å². The molecule has 1 rings (SSSR count). The minimum Gasteiger partial charge on any atom is -0.211 e. The molecule has 1 saturated carbocycles. The summed E-state index contributed by atoms with van der Waals surface area (Å²) in [5.74, 6) is 0.360. The van der Waals surface area contributed by atoms with Crippen LogP contribution in [0.2, 0.25) is 0 Å². The lowest BCUT2D eigenvalue weighted by Gasteiger charge is -2.22. The van der Waals surface area contributed by atoms with Crippen LogP contribution in [-0.2, 0) is 9.59 Å². The molecule has 1 aliphatic carbocycles. The third kappa shape index (κ3) is 5.08. The fraction of sp³-hybridized carbons (Fsp3) is 0.846. The van der Waals surface area contributed by atoms with Crippen LogP contribution in [0.5, 0.6) is 0 Å². The third-order valence-electron chi connectivity index (χ3n) is 3.60.